The van der Waals surface area contributed by atoms with Crippen LogP contribution in [0.1, 0.15) is 33.3 Å². The quantitative estimate of drug-likeness (QED) is 0.784. The fourth-order valence-electron chi connectivity index (χ4n) is 3.42. The van der Waals surface area contributed by atoms with Gasteiger partial charge >= 0.3 is 0 Å². The Bertz CT molecular complexity index is 941. The molecule has 0 radical (unpaired) electrons. The van der Waals surface area contributed by atoms with Crippen molar-refractivity contribution >= 4 is 22.6 Å². The molecular formula is C19H20N4O. The van der Waals surface area contributed by atoms with E-state index in [4.69, 9.17) is 4.98 Å². The van der Waals surface area contributed by atoms with Crippen molar-refractivity contribution in [2.45, 2.75) is 39.2 Å². The Morgan fingerprint density at radius 1 is 1.25 bits per heavy atom. The maximum absolute atomic E-state index is 12.8. The largest absolute Gasteiger partial charge is 0.338 e. The zero-order valence-electron chi connectivity index (χ0n) is 14.3. The average Bonchev–Trinajstić information content (AvgIpc) is 3.04. The van der Waals surface area contributed by atoms with Gasteiger partial charge in [-0.1, -0.05) is 0 Å². The fraction of sp³-hybridized carbons (Fsp3) is 0.316. The van der Waals surface area contributed by atoms with Crippen molar-refractivity contribution < 1.29 is 4.79 Å². The fourth-order valence-corrected chi connectivity index (χ4v) is 3.42. The number of hydrogen-bond acceptors (Lipinski definition) is 3. The summed E-state index contributed by atoms with van der Waals surface area (Å²) in [7, 11) is 0. The van der Waals surface area contributed by atoms with E-state index in [2.05, 4.69) is 9.97 Å². The van der Waals surface area contributed by atoms with Gasteiger partial charge in [-0.25, -0.2) is 4.98 Å². The lowest BCUT2D eigenvalue weighted by atomic mass is 9.86. The summed E-state index contributed by atoms with van der Waals surface area (Å²) in [4.78, 5) is 26.9. The minimum absolute atomic E-state index is 0.121. The Morgan fingerprint density at radius 2 is 2.04 bits per heavy atom. The SMILES string of the molecule is CC(C)N1C(=O)C(C)(C)c2cc3nc(-c4cccnc4)[nH]c3cc21. The summed E-state index contributed by atoms with van der Waals surface area (Å²) in [5.74, 6) is 0.939. The molecule has 0 fully saturated rings. The average molecular weight is 320 g/mol. The van der Waals surface area contributed by atoms with Crippen molar-refractivity contribution in [1.82, 2.24) is 15.0 Å². The van der Waals surface area contributed by atoms with E-state index in [0.717, 1.165) is 33.7 Å². The molecule has 0 atom stereocenters. The number of imidazole rings is 1. The van der Waals surface area contributed by atoms with Crippen molar-refractivity contribution in [3.05, 3.63) is 42.2 Å². The molecule has 0 saturated heterocycles. The summed E-state index contributed by atoms with van der Waals surface area (Å²) in [6, 6.07) is 8.08. The van der Waals surface area contributed by atoms with Crippen molar-refractivity contribution in [3.63, 3.8) is 0 Å². The zero-order chi connectivity index (χ0) is 17.1. The molecule has 4 rings (SSSR count). The number of amides is 1. The Balaban J connectivity index is 1.92. The van der Waals surface area contributed by atoms with Gasteiger partial charge in [0.15, 0.2) is 0 Å². The van der Waals surface area contributed by atoms with E-state index in [-0.39, 0.29) is 11.9 Å². The highest BCUT2D eigenvalue weighted by molar-refractivity contribution is 6.09. The van der Waals surface area contributed by atoms with Gasteiger partial charge in [0.1, 0.15) is 5.82 Å². The second-order valence-corrected chi connectivity index (χ2v) is 7.11. The van der Waals surface area contributed by atoms with Gasteiger partial charge in [-0.05, 0) is 57.5 Å². The molecule has 1 amide bonds. The predicted octanol–water partition coefficient (Wildman–Crippen LogP) is 3.66. The summed E-state index contributed by atoms with van der Waals surface area (Å²) in [5, 5.41) is 0. The highest BCUT2D eigenvalue weighted by atomic mass is 16.2. The summed E-state index contributed by atoms with van der Waals surface area (Å²) < 4.78 is 0. The predicted molar refractivity (Wildman–Crippen MR) is 95.0 cm³/mol. The van der Waals surface area contributed by atoms with E-state index in [1.165, 1.54) is 0 Å². The lowest BCUT2D eigenvalue weighted by Gasteiger charge is -2.24. The van der Waals surface area contributed by atoms with E-state index in [0.29, 0.717) is 0 Å². The van der Waals surface area contributed by atoms with Crippen LogP contribution in [0.15, 0.2) is 36.7 Å². The van der Waals surface area contributed by atoms with Crippen molar-refractivity contribution in [2.75, 3.05) is 4.90 Å². The van der Waals surface area contributed by atoms with Gasteiger partial charge in [0.05, 0.1) is 22.1 Å². The van der Waals surface area contributed by atoms with Crippen LogP contribution in [0.3, 0.4) is 0 Å². The number of aromatic nitrogens is 3. The topological polar surface area (TPSA) is 61.9 Å². The van der Waals surface area contributed by atoms with Crippen LogP contribution >= 0.6 is 0 Å². The van der Waals surface area contributed by atoms with Crippen LogP contribution in [-0.2, 0) is 10.2 Å². The molecule has 1 aliphatic rings. The number of anilines is 1. The number of pyridine rings is 1. The Morgan fingerprint density at radius 3 is 2.71 bits per heavy atom. The molecule has 0 bridgehead atoms. The van der Waals surface area contributed by atoms with Gasteiger partial charge in [-0.3, -0.25) is 9.78 Å². The van der Waals surface area contributed by atoms with Crippen LogP contribution in [0.25, 0.3) is 22.4 Å². The first-order valence-electron chi connectivity index (χ1n) is 8.18. The molecule has 5 heteroatoms. The normalized spacial score (nSPS) is 16.2. The van der Waals surface area contributed by atoms with Crippen LogP contribution in [0.2, 0.25) is 0 Å². The summed E-state index contributed by atoms with van der Waals surface area (Å²) in [5.41, 5.74) is 4.25. The first-order chi connectivity index (χ1) is 11.4. The minimum atomic E-state index is -0.527. The number of H-pyrrole nitrogens is 1. The Labute approximate surface area is 140 Å². The molecule has 0 saturated carbocycles. The molecule has 0 aliphatic carbocycles. The first-order valence-corrected chi connectivity index (χ1v) is 8.18. The summed E-state index contributed by atoms with van der Waals surface area (Å²) in [6.45, 7) is 8.05. The van der Waals surface area contributed by atoms with Gasteiger partial charge in [-0.15, -0.1) is 0 Å². The second kappa shape index (κ2) is 4.90. The van der Waals surface area contributed by atoms with E-state index in [9.17, 15) is 4.79 Å². The van der Waals surface area contributed by atoms with Gasteiger partial charge in [0.25, 0.3) is 0 Å². The van der Waals surface area contributed by atoms with Crippen LogP contribution in [-0.4, -0.2) is 26.9 Å². The van der Waals surface area contributed by atoms with Crippen LogP contribution in [0.5, 0.6) is 0 Å². The lowest BCUT2D eigenvalue weighted by molar-refractivity contribution is -0.122. The zero-order valence-corrected chi connectivity index (χ0v) is 14.3. The number of nitrogens with one attached hydrogen (secondary N) is 1. The van der Waals surface area contributed by atoms with Crippen LogP contribution in [0.4, 0.5) is 5.69 Å². The molecule has 24 heavy (non-hydrogen) atoms. The third-order valence-corrected chi connectivity index (χ3v) is 4.74. The molecule has 1 N–H and O–H groups in total. The number of carbonyl (C=O) groups is 1. The number of benzene rings is 1. The van der Waals surface area contributed by atoms with E-state index in [1.54, 1.807) is 12.4 Å². The van der Waals surface area contributed by atoms with E-state index in [1.807, 2.05) is 56.9 Å². The van der Waals surface area contributed by atoms with Gasteiger partial charge in [-0.2, -0.15) is 0 Å². The number of rotatable bonds is 2. The molecule has 3 heterocycles. The molecule has 3 aromatic rings. The van der Waals surface area contributed by atoms with Crippen molar-refractivity contribution in [3.8, 4) is 11.4 Å². The summed E-state index contributed by atoms with van der Waals surface area (Å²) >= 11 is 0. The maximum atomic E-state index is 12.8. The minimum Gasteiger partial charge on any atom is -0.338 e. The van der Waals surface area contributed by atoms with Crippen molar-refractivity contribution in [1.29, 1.82) is 0 Å². The third kappa shape index (κ3) is 1.97. The number of carbonyl (C=O) groups excluding carboxylic acids is 1. The maximum Gasteiger partial charge on any atom is 0.237 e. The monoisotopic (exact) mass is 320 g/mol. The molecule has 2 aromatic heterocycles. The Kier molecular flexibility index (Phi) is 3.04. The molecule has 1 aliphatic heterocycles. The van der Waals surface area contributed by atoms with Crippen molar-refractivity contribution in [2.24, 2.45) is 0 Å². The molecule has 0 unspecified atom stereocenters. The summed E-state index contributed by atoms with van der Waals surface area (Å²) in [6.07, 6.45) is 3.54. The lowest BCUT2D eigenvalue weighted by Crippen LogP contribution is -2.40. The smallest absolute Gasteiger partial charge is 0.237 e. The van der Waals surface area contributed by atoms with E-state index < -0.39 is 5.41 Å². The molecule has 122 valence electrons. The van der Waals surface area contributed by atoms with Crippen LogP contribution in [0, 0.1) is 0 Å². The molecule has 1 aromatic carbocycles. The number of nitrogens with zero attached hydrogens (tertiary/aromatic N) is 3. The number of aromatic amines is 1. The standard InChI is InChI=1S/C19H20N4O/c1-11(2)23-16-9-15-14(8-13(16)19(3,4)18(23)24)21-17(22-15)12-6-5-7-20-10-12/h5-11H,1-4H3,(H,21,22). The molecule has 0 spiro atoms. The third-order valence-electron chi connectivity index (χ3n) is 4.74. The van der Waals surface area contributed by atoms with Crippen LogP contribution < -0.4 is 4.90 Å². The Hall–Kier alpha value is -2.69. The van der Waals surface area contributed by atoms with Gasteiger partial charge in [0.2, 0.25) is 5.91 Å². The highest BCUT2D eigenvalue weighted by Crippen LogP contribution is 2.44. The number of fused-ring (bicyclic) bond motifs is 2. The van der Waals surface area contributed by atoms with Gasteiger partial charge in [0, 0.05) is 24.0 Å². The highest BCUT2D eigenvalue weighted by Gasteiger charge is 2.45. The molecule has 5 nitrogen and oxygen atoms in total. The number of hydrogen-bond donors (Lipinski definition) is 1. The van der Waals surface area contributed by atoms with E-state index >= 15 is 0 Å². The second-order valence-electron chi connectivity index (χ2n) is 7.11. The van der Waals surface area contributed by atoms with Gasteiger partial charge < -0.3 is 9.88 Å². The first kappa shape index (κ1) is 14.9. The molecular weight excluding hydrogens is 300 g/mol.